The molecule has 0 aliphatic rings. The van der Waals surface area contributed by atoms with Crippen molar-refractivity contribution < 1.29 is 4.21 Å². The van der Waals surface area contributed by atoms with Gasteiger partial charge in [0.05, 0.1) is 10.8 Å². The third-order valence-electron chi connectivity index (χ3n) is 1.40. The summed E-state index contributed by atoms with van der Waals surface area (Å²) in [6.45, 7) is 2.04. The van der Waals surface area contributed by atoms with Gasteiger partial charge < -0.3 is 0 Å². The van der Waals surface area contributed by atoms with E-state index < -0.39 is 10.8 Å². The number of benzene rings is 1. The maximum Gasteiger partial charge on any atom is 0.0529 e. The van der Waals surface area contributed by atoms with Crippen molar-refractivity contribution in [3.05, 3.63) is 30.3 Å². The quantitative estimate of drug-likeness (QED) is 0.770. The first-order chi connectivity index (χ1) is 5.34. The fraction of sp³-hybridized carbons (Fsp3) is 0.500. The third kappa shape index (κ3) is 9.12. The second kappa shape index (κ2) is 14.2. The van der Waals surface area contributed by atoms with Crippen molar-refractivity contribution in [2.45, 2.75) is 40.5 Å². The Labute approximate surface area is 115 Å². The summed E-state index contributed by atoms with van der Waals surface area (Å²) in [5.41, 5.74) is 0. The summed E-state index contributed by atoms with van der Waals surface area (Å²) < 4.78 is 11.4. The van der Waals surface area contributed by atoms with E-state index in [1.165, 1.54) is 0 Å². The van der Waals surface area contributed by atoms with Crippen molar-refractivity contribution in [2.75, 3.05) is 5.75 Å². The molecule has 0 fully saturated rings. The predicted molar refractivity (Wildman–Crippen MR) is 74.0 cm³/mol. The average Bonchev–Trinajstić information content (AvgIpc) is 2.07. The van der Waals surface area contributed by atoms with Gasteiger partial charge in [-0.15, -0.1) is 0 Å². The molecular formula is C12H24OSSn. The molecule has 0 bridgehead atoms. The van der Waals surface area contributed by atoms with Crippen LogP contribution in [0.5, 0.6) is 0 Å². The Morgan fingerprint density at radius 1 is 1.07 bits per heavy atom. The van der Waals surface area contributed by atoms with Gasteiger partial charge in [0, 0.05) is 34.6 Å². The van der Waals surface area contributed by atoms with Gasteiger partial charge in [0.15, 0.2) is 0 Å². The van der Waals surface area contributed by atoms with Crippen molar-refractivity contribution >= 4 is 34.7 Å². The van der Waals surface area contributed by atoms with E-state index in [0.717, 1.165) is 17.1 Å². The molecule has 0 amide bonds. The van der Waals surface area contributed by atoms with Crippen molar-refractivity contribution in [1.29, 1.82) is 0 Å². The van der Waals surface area contributed by atoms with Gasteiger partial charge in [0.25, 0.3) is 0 Å². The Morgan fingerprint density at radius 3 is 1.93 bits per heavy atom. The smallest absolute Gasteiger partial charge is 0.0529 e. The van der Waals surface area contributed by atoms with Crippen LogP contribution in [0.1, 0.15) is 35.6 Å². The van der Waals surface area contributed by atoms with Crippen LogP contribution in [0.15, 0.2) is 35.2 Å². The SMILES string of the molecule is C.C.C.CCCS(=O)c1ccccc1.[Sn]. The first-order valence-electron chi connectivity index (χ1n) is 3.78. The van der Waals surface area contributed by atoms with Crippen LogP contribution < -0.4 is 0 Å². The van der Waals surface area contributed by atoms with Crippen molar-refractivity contribution in [2.24, 2.45) is 0 Å². The second-order valence-corrected chi connectivity index (χ2v) is 3.93. The molecule has 4 radical (unpaired) electrons. The minimum atomic E-state index is -0.783. The van der Waals surface area contributed by atoms with E-state index in [4.69, 9.17) is 0 Å². The van der Waals surface area contributed by atoms with E-state index in [1.54, 1.807) is 0 Å². The van der Waals surface area contributed by atoms with Crippen LogP contribution in [0, 0.1) is 0 Å². The summed E-state index contributed by atoms with van der Waals surface area (Å²) in [6, 6.07) is 9.59. The van der Waals surface area contributed by atoms with Gasteiger partial charge in [0.1, 0.15) is 0 Å². The topological polar surface area (TPSA) is 17.1 Å². The van der Waals surface area contributed by atoms with E-state index in [9.17, 15) is 4.21 Å². The Morgan fingerprint density at radius 2 is 1.53 bits per heavy atom. The van der Waals surface area contributed by atoms with Crippen LogP contribution in [-0.4, -0.2) is 33.9 Å². The summed E-state index contributed by atoms with van der Waals surface area (Å²) in [4.78, 5) is 0.939. The van der Waals surface area contributed by atoms with E-state index in [2.05, 4.69) is 0 Å². The molecule has 0 N–H and O–H groups in total. The van der Waals surface area contributed by atoms with Crippen molar-refractivity contribution in [3.8, 4) is 0 Å². The van der Waals surface area contributed by atoms with Gasteiger partial charge in [-0.2, -0.15) is 0 Å². The first-order valence-corrected chi connectivity index (χ1v) is 5.10. The molecule has 0 aromatic heterocycles. The van der Waals surface area contributed by atoms with Crippen LogP contribution in [0.25, 0.3) is 0 Å². The van der Waals surface area contributed by atoms with E-state index in [1.807, 2.05) is 37.3 Å². The van der Waals surface area contributed by atoms with Gasteiger partial charge in [0.2, 0.25) is 0 Å². The predicted octanol–water partition coefficient (Wildman–Crippen LogP) is 3.73. The molecule has 0 aliphatic heterocycles. The molecule has 1 atom stereocenters. The molecule has 0 spiro atoms. The van der Waals surface area contributed by atoms with Gasteiger partial charge in [-0.1, -0.05) is 47.4 Å². The maximum atomic E-state index is 11.4. The molecule has 15 heavy (non-hydrogen) atoms. The summed E-state index contributed by atoms with van der Waals surface area (Å²) in [5.74, 6) is 0.768. The summed E-state index contributed by atoms with van der Waals surface area (Å²) in [5, 5.41) is 0. The molecule has 3 heteroatoms. The molecule has 0 aliphatic carbocycles. The molecule has 0 saturated heterocycles. The minimum absolute atomic E-state index is 0. The molecule has 0 heterocycles. The third-order valence-corrected chi connectivity index (χ3v) is 2.97. The van der Waals surface area contributed by atoms with Crippen LogP contribution in [0.3, 0.4) is 0 Å². The standard InChI is InChI=1S/C9H12OS.3CH4.Sn/c1-2-8-11(10)9-6-4-3-5-7-9;;;;/h3-7H,2,8H2,1H3;3*1H4;. The fourth-order valence-corrected chi connectivity index (χ4v) is 1.94. The van der Waals surface area contributed by atoms with Crippen LogP contribution in [-0.2, 0) is 10.8 Å². The van der Waals surface area contributed by atoms with Crippen LogP contribution in [0.4, 0.5) is 0 Å². The van der Waals surface area contributed by atoms with E-state index >= 15 is 0 Å². The fourth-order valence-electron chi connectivity index (χ4n) is 0.876. The molecule has 88 valence electrons. The number of hydrogen-bond donors (Lipinski definition) is 0. The van der Waals surface area contributed by atoms with Crippen molar-refractivity contribution in [3.63, 3.8) is 0 Å². The van der Waals surface area contributed by atoms with E-state index in [-0.39, 0.29) is 46.2 Å². The van der Waals surface area contributed by atoms with Gasteiger partial charge in [-0.25, -0.2) is 0 Å². The van der Waals surface area contributed by atoms with Crippen LogP contribution >= 0.6 is 0 Å². The molecule has 0 saturated carbocycles. The van der Waals surface area contributed by atoms with E-state index in [0.29, 0.717) is 0 Å². The Balaban J connectivity index is -0.000000151. The number of rotatable bonds is 3. The summed E-state index contributed by atoms with van der Waals surface area (Å²) in [7, 11) is -0.783. The zero-order valence-corrected chi connectivity index (χ0v) is 10.8. The Kier molecular flexibility index (Phi) is 23.1. The zero-order valence-electron chi connectivity index (χ0n) is 7.12. The average molecular weight is 335 g/mol. The first kappa shape index (κ1) is 24.4. The van der Waals surface area contributed by atoms with Crippen LogP contribution in [0.2, 0.25) is 0 Å². The largest absolute Gasteiger partial charge is 0.254 e. The van der Waals surface area contributed by atoms with Gasteiger partial charge in [-0.3, -0.25) is 4.21 Å². The molecule has 1 aromatic carbocycles. The zero-order chi connectivity index (χ0) is 8.10. The minimum Gasteiger partial charge on any atom is -0.254 e. The van der Waals surface area contributed by atoms with Gasteiger partial charge >= 0.3 is 0 Å². The molecule has 1 unspecified atom stereocenters. The maximum absolute atomic E-state index is 11.4. The molecular weight excluding hydrogens is 311 g/mol. The molecule has 1 rings (SSSR count). The summed E-state index contributed by atoms with van der Waals surface area (Å²) >= 11 is 0. The van der Waals surface area contributed by atoms with Gasteiger partial charge in [-0.05, 0) is 18.6 Å². The second-order valence-electron chi connectivity index (χ2n) is 2.36. The Hall–Kier alpha value is 0.169. The Bertz CT molecular complexity index is 237. The monoisotopic (exact) mass is 336 g/mol. The molecule has 1 nitrogen and oxygen atoms in total. The molecule has 1 aromatic rings. The summed E-state index contributed by atoms with van der Waals surface area (Å²) in [6.07, 6.45) is 0.974. The normalized spacial score (nSPS) is 9.40. The number of hydrogen-bond acceptors (Lipinski definition) is 1. The van der Waals surface area contributed by atoms with Crippen molar-refractivity contribution in [1.82, 2.24) is 0 Å².